The molecule has 27 heavy (non-hydrogen) atoms. The first-order valence-electron chi connectivity index (χ1n) is 8.68. The minimum atomic E-state index is -3.47. The molecule has 0 aromatic heterocycles. The summed E-state index contributed by atoms with van der Waals surface area (Å²) in [4.78, 5) is 12.4. The molecule has 2 aromatic rings. The van der Waals surface area contributed by atoms with Gasteiger partial charge in [-0.05, 0) is 37.1 Å². The molecule has 0 saturated heterocycles. The number of nitrogens with zero attached hydrogens (tertiary/aromatic N) is 1. The molecule has 2 rings (SSSR count). The Morgan fingerprint density at radius 3 is 2.44 bits per heavy atom. The molecule has 0 bridgehead atoms. The molecule has 0 aliphatic rings. The van der Waals surface area contributed by atoms with E-state index in [1.54, 1.807) is 6.07 Å². The summed E-state index contributed by atoms with van der Waals surface area (Å²) in [5, 5.41) is 2.80. The van der Waals surface area contributed by atoms with E-state index in [0.717, 1.165) is 17.4 Å². The van der Waals surface area contributed by atoms with Crippen LogP contribution < -0.4 is 10.1 Å². The number of ether oxygens (including phenoxy) is 1. The number of methoxy groups -OCH3 is 1. The van der Waals surface area contributed by atoms with Crippen molar-refractivity contribution in [3.63, 3.8) is 0 Å². The summed E-state index contributed by atoms with van der Waals surface area (Å²) in [6, 6.07) is 14.5. The first kappa shape index (κ1) is 20.9. The lowest BCUT2D eigenvalue weighted by molar-refractivity contribution is -0.116. The monoisotopic (exact) mass is 390 g/mol. The summed E-state index contributed by atoms with van der Waals surface area (Å²) < 4.78 is 31.1. The second-order valence-electron chi connectivity index (χ2n) is 6.46. The van der Waals surface area contributed by atoms with Crippen LogP contribution in [0.2, 0.25) is 0 Å². The number of sulfonamides is 1. The molecule has 2 aromatic carbocycles. The fourth-order valence-corrected chi connectivity index (χ4v) is 4.01. The van der Waals surface area contributed by atoms with Crippen LogP contribution in [0.5, 0.6) is 5.75 Å². The fourth-order valence-electron chi connectivity index (χ4n) is 2.89. The second-order valence-corrected chi connectivity index (χ2v) is 8.40. The van der Waals surface area contributed by atoms with Gasteiger partial charge in [0.25, 0.3) is 0 Å². The van der Waals surface area contributed by atoms with Gasteiger partial charge in [0.15, 0.2) is 0 Å². The third-order valence-electron chi connectivity index (χ3n) is 4.33. The molecule has 1 atom stereocenters. The number of aryl methyl sites for hydroxylation is 1. The van der Waals surface area contributed by atoms with Gasteiger partial charge in [-0.25, -0.2) is 8.42 Å². The molecule has 1 N–H and O–H groups in total. The van der Waals surface area contributed by atoms with Crippen molar-refractivity contribution in [2.45, 2.75) is 26.3 Å². The maximum Gasteiger partial charge on any atom is 0.225 e. The Morgan fingerprint density at radius 1 is 1.19 bits per heavy atom. The summed E-state index contributed by atoms with van der Waals surface area (Å²) in [5.74, 6) is 0.291. The molecule has 0 spiro atoms. The zero-order chi connectivity index (χ0) is 20.0. The zero-order valence-corrected chi connectivity index (χ0v) is 16.9. The van der Waals surface area contributed by atoms with Crippen molar-refractivity contribution in [3.8, 4) is 5.75 Å². The van der Waals surface area contributed by atoms with Crippen LogP contribution in [0.4, 0.5) is 5.69 Å². The number of amides is 1. The maximum absolute atomic E-state index is 12.4. The normalized spacial score (nSPS) is 12.6. The van der Waals surface area contributed by atoms with Crippen LogP contribution >= 0.6 is 0 Å². The van der Waals surface area contributed by atoms with Crippen LogP contribution in [0.3, 0.4) is 0 Å². The molecular weight excluding hydrogens is 364 g/mol. The highest BCUT2D eigenvalue weighted by atomic mass is 32.2. The van der Waals surface area contributed by atoms with Gasteiger partial charge < -0.3 is 10.1 Å². The highest BCUT2D eigenvalue weighted by molar-refractivity contribution is 7.88. The number of benzene rings is 2. The minimum Gasteiger partial charge on any atom is -0.495 e. The lowest BCUT2D eigenvalue weighted by Crippen LogP contribution is -2.35. The van der Waals surface area contributed by atoms with Gasteiger partial charge >= 0.3 is 0 Å². The Labute approximate surface area is 161 Å². The van der Waals surface area contributed by atoms with Crippen LogP contribution in [-0.2, 0) is 14.8 Å². The van der Waals surface area contributed by atoms with E-state index in [0.29, 0.717) is 11.4 Å². The van der Waals surface area contributed by atoms with Crippen molar-refractivity contribution in [3.05, 3.63) is 59.7 Å². The van der Waals surface area contributed by atoms with E-state index in [-0.39, 0.29) is 24.9 Å². The highest BCUT2D eigenvalue weighted by Gasteiger charge is 2.25. The van der Waals surface area contributed by atoms with Crippen LogP contribution in [0.25, 0.3) is 0 Å². The average Bonchev–Trinajstić information content (AvgIpc) is 2.61. The molecule has 7 heteroatoms. The van der Waals surface area contributed by atoms with E-state index in [2.05, 4.69) is 5.32 Å². The Balaban J connectivity index is 2.09. The largest absolute Gasteiger partial charge is 0.495 e. The Morgan fingerprint density at radius 2 is 1.85 bits per heavy atom. The molecule has 1 amide bonds. The number of hydrogen-bond acceptors (Lipinski definition) is 4. The maximum atomic E-state index is 12.4. The molecule has 146 valence electrons. The van der Waals surface area contributed by atoms with E-state index in [4.69, 9.17) is 4.74 Å². The zero-order valence-electron chi connectivity index (χ0n) is 16.1. The Hall–Kier alpha value is -2.38. The molecule has 0 saturated carbocycles. The molecule has 0 fully saturated rings. The lowest BCUT2D eigenvalue weighted by Gasteiger charge is -2.27. The predicted octanol–water partition coefficient (Wildman–Crippen LogP) is 3.36. The number of nitrogens with one attached hydrogen (secondary N) is 1. The molecule has 0 heterocycles. The van der Waals surface area contributed by atoms with Crippen molar-refractivity contribution in [2.75, 3.05) is 25.2 Å². The molecule has 0 aliphatic carbocycles. The third kappa shape index (κ3) is 5.80. The average molecular weight is 391 g/mol. The van der Waals surface area contributed by atoms with Crippen LogP contribution in [0.1, 0.15) is 30.5 Å². The first-order valence-corrected chi connectivity index (χ1v) is 10.5. The summed E-state index contributed by atoms with van der Waals surface area (Å²) in [7, 11) is -1.94. The van der Waals surface area contributed by atoms with Crippen molar-refractivity contribution < 1.29 is 17.9 Å². The fraction of sp³-hybridized carbons (Fsp3) is 0.350. The Bertz CT molecular complexity index is 882. The predicted molar refractivity (Wildman–Crippen MR) is 107 cm³/mol. The number of anilines is 1. The van der Waals surface area contributed by atoms with Crippen molar-refractivity contribution in [2.24, 2.45) is 0 Å². The lowest BCUT2D eigenvalue weighted by atomic mass is 10.1. The molecule has 0 radical (unpaired) electrons. The molecule has 6 nitrogen and oxygen atoms in total. The summed E-state index contributed by atoms with van der Waals surface area (Å²) in [6.07, 6.45) is 1.20. The van der Waals surface area contributed by atoms with Gasteiger partial charge in [0.2, 0.25) is 15.9 Å². The van der Waals surface area contributed by atoms with E-state index in [9.17, 15) is 13.2 Å². The van der Waals surface area contributed by atoms with Crippen LogP contribution in [0.15, 0.2) is 48.5 Å². The summed E-state index contributed by atoms with van der Waals surface area (Å²) >= 11 is 0. The van der Waals surface area contributed by atoms with E-state index in [1.165, 1.54) is 11.4 Å². The first-order chi connectivity index (χ1) is 12.7. The van der Waals surface area contributed by atoms with Crippen molar-refractivity contribution >= 4 is 21.6 Å². The van der Waals surface area contributed by atoms with Crippen molar-refractivity contribution in [1.29, 1.82) is 0 Å². The van der Waals surface area contributed by atoms with E-state index >= 15 is 0 Å². The highest BCUT2D eigenvalue weighted by Crippen LogP contribution is 2.26. The van der Waals surface area contributed by atoms with Gasteiger partial charge in [-0.1, -0.05) is 36.4 Å². The van der Waals surface area contributed by atoms with Gasteiger partial charge in [0, 0.05) is 19.0 Å². The number of carbonyl (C=O) groups excluding carboxylic acids is 1. The molecule has 1 unspecified atom stereocenters. The van der Waals surface area contributed by atoms with Crippen LogP contribution in [0, 0.1) is 6.92 Å². The van der Waals surface area contributed by atoms with Gasteiger partial charge in [0.1, 0.15) is 5.75 Å². The number of carbonyl (C=O) groups is 1. The SMILES string of the molecule is COc1ccc(C)cc1NC(=O)CCN(C(C)c1ccccc1)S(C)(=O)=O. The molecule has 0 aliphatic heterocycles. The minimum absolute atomic E-state index is 0.0430. The van der Waals surface area contributed by atoms with E-state index in [1.807, 2.05) is 56.3 Å². The third-order valence-corrected chi connectivity index (χ3v) is 5.68. The standard InChI is InChI=1S/C20H26N2O4S/c1-15-10-11-19(26-3)18(14-15)21-20(23)12-13-22(27(4,24)25)16(2)17-8-6-5-7-9-17/h5-11,14,16H,12-13H2,1-4H3,(H,21,23). The second kappa shape index (κ2) is 9.01. The number of hydrogen-bond donors (Lipinski definition) is 1. The number of rotatable bonds is 8. The summed E-state index contributed by atoms with van der Waals surface area (Å²) in [6.45, 7) is 3.83. The Kier molecular flexibility index (Phi) is 6.98. The van der Waals surface area contributed by atoms with Gasteiger partial charge in [-0.3, -0.25) is 4.79 Å². The van der Waals surface area contributed by atoms with Crippen LogP contribution in [-0.4, -0.2) is 38.5 Å². The topological polar surface area (TPSA) is 75.7 Å². The summed E-state index contributed by atoms with van der Waals surface area (Å²) in [5.41, 5.74) is 2.44. The molecular formula is C20H26N2O4S. The quantitative estimate of drug-likeness (QED) is 0.750. The van der Waals surface area contributed by atoms with E-state index < -0.39 is 10.0 Å². The van der Waals surface area contributed by atoms with Gasteiger partial charge in [-0.2, -0.15) is 4.31 Å². The van der Waals surface area contributed by atoms with Gasteiger partial charge in [-0.15, -0.1) is 0 Å². The van der Waals surface area contributed by atoms with Gasteiger partial charge in [0.05, 0.1) is 19.1 Å². The van der Waals surface area contributed by atoms with Crippen molar-refractivity contribution in [1.82, 2.24) is 4.31 Å². The smallest absolute Gasteiger partial charge is 0.225 e.